The van der Waals surface area contributed by atoms with Crippen molar-refractivity contribution in [2.75, 3.05) is 38.0 Å². The van der Waals surface area contributed by atoms with Crippen LogP contribution in [0, 0.1) is 6.92 Å². The molecule has 3 rings (SSSR count). The van der Waals surface area contributed by atoms with E-state index < -0.39 is 0 Å². The number of benzene rings is 1. The molecule has 2 aromatic rings. The van der Waals surface area contributed by atoms with E-state index in [9.17, 15) is 9.59 Å². The molecule has 144 valence electrons. The van der Waals surface area contributed by atoms with Crippen LogP contribution >= 0.6 is 23.2 Å². The summed E-state index contributed by atoms with van der Waals surface area (Å²) in [6.45, 7) is 5.07. The highest BCUT2D eigenvalue weighted by Crippen LogP contribution is 2.29. The Labute approximate surface area is 168 Å². The first kappa shape index (κ1) is 19.7. The third kappa shape index (κ3) is 5.03. The average Bonchev–Trinajstić information content (AvgIpc) is 3.09. The van der Waals surface area contributed by atoms with E-state index in [2.05, 4.69) is 10.2 Å². The molecule has 1 aromatic carbocycles. The Hall–Kier alpha value is -2.02. The van der Waals surface area contributed by atoms with Gasteiger partial charge in [0.2, 0.25) is 5.91 Å². The van der Waals surface area contributed by atoms with Crippen LogP contribution in [0.1, 0.15) is 22.7 Å². The van der Waals surface area contributed by atoms with Gasteiger partial charge in [-0.3, -0.25) is 14.5 Å². The summed E-state index contributed by atoms with van der Waals surface area (Å²) in [6.07, 6.45) is 0.326. The number of rotatable bonds is 5. The van der Waals surface area contributed by atoms with E-state index in [0.29, 0.717) is 60.6 Å². The van der Waals surface area contributed by atoms with Crippen molar-refractivity contribution >= 4 is 40.7 Å². The molecule has 0 bridgehead atoms. The highest BCUT2D eigenvalue weighted by atomic mass is 35.5. The fourth-order valence-electron chi connectivity index (χ4n) is 2.96. The number of carbonyl (C=O) groups is 2. The fourth-order valence-corrected chi connectivity index (χ4v) is 3.45. The third-order valence-electron chi connectivity index (χ3n) is 4.49. The number of amides is 2. The maximum absolute atomic E-state index is 12.4. The predicted octanol–water partition coefficient (Wildman–Crippen LogP) is 3.68. The van der Waals surface area contributed by atoms with Crippen molar-refractivity contribution in [1.82, 2.24) is 9.80 Å². The minimum absolute atomic E-state index is 0.0890. The molecular weight excluding hydrogens is 389 g/mol. The SMILES string of the molecule is Cc1ccc(C(=O)N2CCN(CCC(=O)Nc3c(Cl)cccc3Cl)CC2)o1. The van der Waals surface area contributed by atoms with E-state index in [1.807, 2.05) is 6.92 Å². The topological polar surface area (TPSA) is 65.8 Å². The summed E-state index contributed by atoms with van der Waals surface area (Å²) in [4.78, 5) is 28.5. The Morgan fingerprint density at radius 2 is 1.74 bits per heavy atom. The normalized spacial score (nSPS) is 15.0. The maximum atomic E-state index is 12.4. The first-order chi connectivity index (χ1) is 12.9. The number of hydrogen-bond donors (Lipinski definition) is 1. The number of furan rings is 1. The lowest BCUT2D eigenvalue weighted by Gasteiger charge is -2.34. The number of hydrogen-bond acceptors (Lipinski definition) is 4. The number of nitrogens with zero attached hydrogens (tertiary/aromatic N) is 2. The van der Waals surface area contributed by atoms with Crippen molar-refractivity contribution in [3.63, 3.8) is 0 Å². The predicted molar refractivity (Wildman–Crippen MR) is 105 cm³/mol. The molecule has 2 amide bonds. The highest BCUT2D eigenvalue weighted by Gasteiger charge is 2.24. The standard InChI is InChI=1S/C19H21Cl2N3O3/c1-13-5-6-16(27-13)19(26)24-11-9-23(10-12-24)8-7-17(25)22-18-14(20)3-2-4-15(18)21/h2-6H,7-12H2,1H3,(H,22,25). The zero-order valence-corrected chi connectivity index (χ0v) is 16.5. The van der Waals surface area contributed by atoms with Crippen molar-refractivity contribution in [1.29, 1.82) is 0 Å². The van der Waals surface area contributed by atoms with Gasteiger partial charge in [0.15, 0.2) is 5.76 Å². The van der Waals surface area contributed by atoms with Gasteiger partial charge in [-0.15, -0.1) is 0 Å². The van der Waals surface area contributed by atoms with Gasteiger partial charge in [-0.1, -0.05) is 29.3 Å². The number of aryl methyl sites for hydroxylation is 1. The Morgan fingerprint density at radius 3 is 2.33 bits per heavy atom. The van der Waals surface area contributed by atoms with Crippen LogP contribution < -0.4 is 5.32 Å². The van der Waals surface area contributed by atoms with Crippen LogP contribution in [0.15, 0.2) is 34.7 Å². The molecule has 0 atom stereocenters. The summed E-state index contributed by atoms with van der Waals surface area (Å²) in [5.41, 5.74) is 0.440. The Morgan fingerprint density at radius 1 is 1.07 bits per heavy atom. The average molecular weight is 410 g/mol. The van der Waals surface area contributed by atoms with Gasteiger partial charge in [0.1, 0.15) is 5.76 Å². The summed E-state index contributed by atoms with van der Waals surface area (Å²) in [6, 6.07) is 8.58. The number of nitrogens with one attached hydrogen (secondary N) is 1. The van der Waals surface area contributed by atoms with Crippen LogP contribution in [0.4, 0.5) is 5.69 Å². The molecule has 0 unspecified atom stereocenters. The zero-order chi connectivity index (χ0) is 19.4. The molecule has 6 nitrogen and oxygen atoms in total. The van der Waals surface area contributed by atoms with Crippen LogP contribution in [0.2, 0.25) is 10.0 Å². The molecule has 0 aliphatic carbocycles. The van der Waals surface area contributed by atoms with Crippen LogP contribution in [0.5, 0.6) is 0 Å². The number of piperazine rings is 1. The second kappa shape index (κ2) is 8.78. The van der Waals surface area contributed by atoms with Crippen molar-refractivity contribution in [2.45, 2.75) is 13.3 Å². The van der Waals surface area contributed by atoms with Gasteiger partial charge < -0.3 is 14.6 Å². The molecular formula is C19H21Cl2N3O3. The quantitative estimate of drug-likeness (QED) is 0.817. The minimum Gasteiger partial charge on any atom is -0.456 e. The van der Waals surface area contributed by atoms with Crippen LogP contribution in [0.3, 0.4) is 0 Å². The molecule has 1 aromatic heterocycles. The zero-order valence-electron chi connectivity index (χ0n) is 15.0. The minimum atomic E-state index is -0.144. The monoisotopic (exact) mass is 409 g/mol. The molecule has 1 N–H and O–H groups in total. The van der Waals surface area contributed by atoms with Gasteiger partial charge in [-0.05, 0) is 31.2 Å². The lowest BCUT2D eigenvalue weighted by Crippen LogP contribution is -2.49. The number of halogens is 2. The number of anilines is 1. The van der Waals surface area contributed by atoms with Crippen molar-refractivity contribution in [3.05, 3.63) is 51.9 Å². The first-order valence-electron chi connectivity index (χ1n) is 8.76. The van der Waals surface area contributed by atoms with Gasteiger partial charge in [0.25, 0.3) is 5.91 Å². The molecule has 0 saturated carbocycles. The molecule has 1 aliphatic rings. The smallest absolute Gasteiger partial charge is 0.289 e. The molecule has 8 heteroatoms. The Bertz CT molecular complexity index is 809. The van der Waals surface area contributed by atoms with E-state index in [-0.39, 0.29) is 11.8 Å². The summed E-state index contributed by atoms with van der Waals surface area (Å²) < 4.78 is 5.40. The summed E-state index contributed by atoms with van der Waals surface area (Å²) in [5, 5.41) is 3.59. The summed E-state index contributed by atoms with van der Waals surface area (Å²) in [7, 11) is 0. The van der Waals surface area contributed by atoms with E-state index >= 15 is 0 Å². The van der Waals surface area contributed by atoms with Crippen molar-refractivity contribution in [2.24, 2.45) is 0 Å². The number of para-hydroxylation sites is 1. The van der Waals surface area contributed by atoms with E-state index in [4.69, 9.17) is 27.6 Å². The molecule has 27 heavy (non-hydrogen) atoms. The fraction of sp³-hybridized carbons (Fsp3) is 0.368. The Balaban J connectivity index is 1.44. The first-order valence-corrected chi connectivity index (χ1v) is 9.51. The maximum Gasteiger partial charge on any atom is 0.289 e. The molecule has 0 spiro atoms. The summed E-state index contributed by atoms with van der Waals surface area (Å²) in [5.74, 6) is 0.863. The van der Waals surface area contributed by atoms with E-state index in [0.717, 1.165) is 5.76 Å². The summed E-state index contributed by atoms with van der Waals surface area (Å²) >= 11 is 12.1. The molecule has 2 heterocycles. The highest BCUT2D eigenvalue weighted by molar-refractivity contribution is 6.39. The second-order valence-corrected chi connectivity index (χ2v) is 7.25. The lowest BCUT2D eigenvalue weighted by molar-refractivity contribution is -0.116. The van der Waals surface area contributed by atoms with E-state index in [1.54, 1.807) is 35.2 Å². The van der Waals surface area contributed by atoms with Crippen LogP contribution in [-0.4, -0.2) is 54.3 Å². The van der Waals surface area contributed by atoms with Gasteiger partial charge in [-0.2, -0.15) is 0 Å². The Kier molecular flexibility index (Phi) is 6.42. The van der Waals surface area contributed by atoms with E-state index in [1.165, 1.54) is 0 Å². The van der Waals surface area contributed by atoms with Crippen molar-refractivity contribution < 1.29 is 14.0 Å². The number of carbonyl (C=O) groups excluding carboxylic acids is 2. The van der Waals surface area contributed by atoms with Crippen LogP contribution in [-0.2, 0) is 4.79 Å². The van der Waals surface area contributed by atoms with Crippen molar-refractivity contribution in [3.8, 4) is 0 Å². The van der Waals surface area contributed by atoms with Gasteiger partial charge in [0, 0.05) is 39.1 Å². The van der Waals surface area contributed by atoms with Gasteiger partial charge in [0.05, 0.1) is 15.7 Å². The molecule has 1 fully saturated rings. The second-order valence-electron chi connectivity index (χ2n) is 6.44. The molecule has 1 aliphatic heterocycles. The lowest BCUT2D eigenvalue weighted by atomic mass is 10.2. The van der Waals surface area contributed by atoms with Crippen LogP contribution in [0.25, 0.3) is 0 Å². The third-order valence-corrected chi connectivity index (χ3v) is 5.12. The molecule has 1 saturated heterocycles. The molecule has 0 radical (unpaired) electrons. The largest absolute Gasteiger partial charge is 0.456 e. The van der Waals surface area contributed by atoms with Gasteiger partial charge >= 0.3 is 0 Å². The van der Waals surface area contributed by atoms with Gasteiger partial charge in [-0.25, -0.2) is 0 Å².